The van der Waals surface area contributed by atoms with Crippen molar-refractivity contribution in [2.24, 2.45) is 0 Å². The molecule has 0 saturated heterocycles. The molecule has 3 N–H and O–H groups in total. The molecule has 0 spiro atoms. The molecule has 0 saturated carbocycles. The molecule has 26 heavy (non-hydrogen) atoms. The van der Waals surface area contributed by atoms with Gasteiger partial charge in [0.1, 0.15) is 18.8 Å². The van der Waals surface area contributed by atoms with E-state index in [4.69, 9.17) is 4.74 Å². The zero-order valence-electron chi connectivity index (χ0n) is 13.9. The summed E-state index contributed by atoms with van der Waals surface area (Å²) in [5.74, 6) is 0. The van der Waals surface area contributed by atoms with Gasteiger partial charge in [-0.25, -0.2) is 4.79 Å². The molecular formula is C19H19N3O4. The van der Waals surface area contributed by atoms with E-state index in [1.54, 1.807) is 30.6 Å². The van der Waals surface area contributed by atoms with Gasteiger partial charge in [0.15, 0.2) is 0 Å². The number of rotatable bonds is 6. The van der Waals surface area contributed by atoms with Gasteiger partial charge in [0.05, 0.1) is 11.0 Å². The maximum Gasteiger partial charge on any atom is 0.407 e. The Hall–Kier alpha value is -3.03. The van der Waals surface area contributed by atoms with Crippen LogP contribution in [0.1, 0.15) is 17.2 Å². The summed E-state index contributed by atoms with van der Waals surface area (Å²) in [7, 11) is 0. The largest absolute Gasteiger partial charge is 0.445 e. The van der Waals surface area contributed by atoms with Gasteiger partial charge >= 0.3 is 6.09 Å². The van der Waals surface area contributed by atoms with E-state index in [9.17, 15) is 15.0 Å². The van der Waals surface area contributed by atoms with Crippen LogP contribution >= 0.6 is 0 Å². The van der Waals surface area contributed by atoms with Crippen molar-refractivity contribution in [2.45, 2.75) is 18.8 Å². The summed E-state index contributed by atoms with van der Waals surface area (Å²) in [6.45, 7) is -0.0119. The molecular weight excluding hydrogens is 334 g/mol. The van der Waals surface area contributed by atoms with E-state index in [2.05, 4.69) is 15.3 Å². The molecule has 2 aromatic carbocycles. The van der Waals surface area contributed by atoms with E-state index in [1.807, 2.05) is 30.3 Å². The van der Waals surface area contributed by atoms with E-state index in [0.29, 0.717) is 16.6 Å². The van der Waals surface area contributed by atoms with E-state index in [1.165, 1.54) is 0 Å². The normalized spacial score (nSPS) is 13.2. The summed E-state index contributed by atoms with van der Waals surface area (Å²) in [5, 5.41) is 22.8. The number of hydrogen-bond donors (Lipinski definition) is 3. The van der Waals surface area contributed by atoms with Gasteiger partial charge in [-0.05, 0) is 23.3 Å². The van der Waals surface area contributed by atoms with Gasteiger partial charge in [-0.2, -0.15) is 0 Å². The average Bonchev–Trinajstić information content (AvgIpc) is 2.70. The van der Waals surface area contributed by atoms with Crippen molar-refractivity contribution in [3.05, 3.63) is 72.1 Å². The Bertz CT molecular complexity index is 873. The summed E-state index contributed by atoms with van der Waals surface area (Å²) in [5.41, 5.74) is 2.66. The van der Waals surface area contributed by atoms with Gasteiger partial charge in [0, 0.05) is 18.9 Å². The molecule has 3 rings (SSSR count). The van der Waals surface area contributed by atoms with E-state index in [0.717, 1.165) is 5.56 Å². The van der Waals surface area contributed by atoms with Crippen molar-refractivity contribution in [2.75, 3.05) is 6.54 Å². The first-order valence-electron chi connectivity index (χ1n) is 8.15. The minimum atomic E-state index is -1.19. The molecule has 2 unspecified atom stereocenters. The standard InChI is InChI=1S/C19H19N3O4/c23-17(11-22-19(25)26-12-13-4-2-1-3-5-13)18(24)14-6-7-15-16(10-14)21-9-8-20-15/h1-10,17-18,23-24H,11-12H2,(H,22,25). The van der Waals surface area contributed by atoms with E-state index >= 15 is 0 Å². The number of nitrogens with one attached hydrogen (secondary N) is 1. The predicted molar refractivity (Wildman–Crippen MR) is 95.1 cm³/mol. The fraction of sp³-hybridized carbons (Fsp3) is 0.211. The highest BCUT2D eigenvalue weighted by atomic mass is 16.5. The molecule has 134 valence electrons. The molecule has 1 amide bonds. The number of aliphatic hydroxyl groups excluding tert-OH is 2. The van der Waals surface area contributed by atoms with Crippen molar-refractivity contribution >= 4 is 17.1 Å². The second kappa shape index (κ2) is 8.37. The van der Waals surface area contributed by atoms with Gasteiger partial charge in [-0.1, -0.05) is 36.4 Å². The molecule has 0 aliphatic heterocycles. The Morgan fingerprint density at radius 2 is 1.77 bits per heavy atom. The molecule has 7 heteroatoms. The van der Waals surface area contributed by atoms with Crippen molar-refractivity contribution in [1.82, 2.24) is 15.3 Å². The Morgan fingerprint density at radius 3 is 2.54 bits per heavy atom. The fourth-order valence-electron chi connectivity index (χ4n) is 2.46. The van der Waals surface area contributed by atoms with Gasteiger partial charge in [0.25, 0.3) is 0 Å². The number of ether oxygens (including phenoxy) is 1. The van der Waals surface area contributed by atoms with E-state index < -0.39 is 18.3 Å². The fourth-order valence-corrected chi connectivity index (χ4v) is 2.46. The second-order valence-electron chi connectivity index (χ2n) is 5.76. The Balaban J connectivity index is 1.51. The third-order valence-electron chi connectivity index (χ3n) is 3.87. The van der Waals surface area contributed by atoms with Crippen LogP contribution in [-0.2, 0) is 11.3 Å². The van der Waals surface area contributed by atoms with Crippen LogP contribution in [-0.4, -0.2) is 38.9 Å². The third kappa shape index (κ3) is 4.53. The maximum atomic E-state index is 11.7. The predicted octanol–water partition coefficient (Wildman–Crippen LogP) is 1.95. The summed E-state index contributed by atoms with van der Waals surface area (Å²) in [6.07, 6.45) is 0.117. The lowest BCUT2D eigenvalue weighted by Crippen LogP contribution is -2.35. The third-order valence-corrected chi connectivity index (χ3v) is 3.87. The molecule has 7 nitrogen and oxygen atoms in total. The van der Waals surface area contributed by atoms with E-state index in [-0.39, 0.29) is 13.2 Å². The zero-order valence-corrected chi connectivity index (χ0v) is 13.9. The van der Waals surface area contributed by atoms with Crippen LogP contribution in [0.5, 0.6) is 0 Å². The maximum absolute atomic E-state index is 11.7. The topological polar surface area (TPSA) is 105 Å². The van der Waals surface area contributed by atoms with Crippen molar-refractivity contribution in [3.8, 4) is 0 Å². The number of fused-ring (bicyclic) bond motifs is 1. The van der Waals surface area contributed by atoms with Crippen LogP contribution in [0.4, 0.5) is 4.79 Å². The van der Waals surface area contributed by atoms with Crippen LogP contribution in [0, 0.1) is 0 Å². The lowest BCUT2D eigenvalue weighted by molar-refractivity contribution is 0.0184. The minimum absolute atomic E-state index is 0.134. The molecule has 1 aromatic heterocycles. The number of benzene rings is 2. The van der Waals surface area contributed by atoms with Gasteiger partial charge in [0.2, 0.25) is 0 Å². The van der Waals surface area contributed by atoms with Crippen molar-refractivity contribution < 1.29 is 19.7 Å². The van der Waals surface area contributed by atoms with Crippen LogP contribution in [0.25, 0.3) is 11.0 Å². The smallest absolute Gasteiger partial charge is 0.407 e. The number of hydrogen-bond acceptors (Lipinski definition) is 6. The first-order chi connectivity index (χ1) is 12.6. The molecule has 3 aromatic rings. The van der Waals surface area contributed by atoms with Crippen molar-refractivity contribution in [1.29, 1.82) is 0 Å². The quantitative estimate of drug-likeness (QED) is 0.626. The van der Waals surface area contributed by atoms with Crippen LogP contribution < -0.4 is 5.32 Å². The first-order valence-corrected chi connectivity index (χ1v) is 8.15. The highest BCUT2D eigenvalue weighted by molar-refractivity contribution is 5.74. The molecule has 0 radical (unpaired) electrons. The average molecular weight is 353 g/mol. The number of aliphatic hydroxyl groups is 2. The Labute approximate surface area is 150 Å². The lowest BCUT2D eigenvalue weighted by atomic mass is 10.0. The second-order valence-corrected chi connectivity index (χ2v) is 5.76. The number of amides is 1. The Morgan fingerprint density at radius 1 is 1.04 bits per heavy atom. The molecule has 1 heterocycles. The lowest BCUT2D eigenvalue weighted by Gasteiger charge is -2.18. The number of aromatic nitrogens is 2. The minimum Gasteiger partial charge on any atom is -0.445 e. The monoisotopic (exact) mass is 353 g/mol. The first kappa shape index (κ1) is 17.8. The Kier molecular flexibility index (Phi) is 5.73. The summed E-state index contributed by atoms with van der Waals surface area (Å²) < 4.78 is 5.06. The molecule has 0 aliphatic carbocycles. The number of alkyl carbamates (subject to hydrolysis) is 1. The summed E-state index contributed by atoms with van der Waals surface area (Å²) in [6, 6.07) is 14.3. The van der Waals surface area contributed by atoms with Gasteiger partial charge in [-0.3, -0.25) is 9.97 Å². The number of carbonyl (C=O) groups is 1. The molecule has 0 bridgehead atoms. The summed E-state index contributed by atoms with van der Waals surface area (Å²) in [4.78, 5) is 20.0. The number of carbonyl (C=O) groups excluding carboxylic acids is 1. The number of nitrogens with zero attached hydrogens (tertiary/aromatic N) is 2. The highest BCUT2D eigenvalue weighted by Gasteiger charge is 2.20. The molecule has 2 atom stereocenters. The van der Waals surface area contributed by atoms with Crippen LogP contribution in [0.2, 0.25) is 0 Å². The zero-order chi connectivity index (χ0) is 18.4. The summed E-state index contributed by atoms with van der Waals surface area (Å²) >= 11 is 0. The molecule has 0 fully saturated rings. The van der Waals surface area contributed by atoms with Gasteiger partial charge in [-0.15, -0.1) is 0 Å². The highest BCUT2D eigenvalue weighted by Crippen LogP contribution is 2.20. The van der Waals surface area contributed by atoms with Crippen molar-refractivity contribution in [3.63, 3.8) is 0 Å². The molecule has 0 aliphatic rings. The van der Waals surface area contributed by atoms with Crippen LogP contribution in [0.3, 0.4) is 0 Å². The van der Waals surface area contributed by atoms with Crippen LogP contribution in [0.15, 0.2) is 60.9 Å². The van der Waals surface area contributed by atoms with Gasteiger partial charge < -0.3 is 20.3 Å². The SMILES string of the molecule is O=C(NCC(O)C(O)c1ccc2nccnc2c1)OCc1ccccc1.